The van der Waals surface area contributed by atoms with Crippen molar-refractivity contribution in [2.45, 2.75) is 31.7 Å². The molecule has 0 saturated carbocycles. The molecule has 0 atom stereocenters. The number of benzene rings is 1. The second kappa shape index (κ2) is 7.99. The Morgan fingerprint density at radius 3 is 2.34 bits per heavy atom. The Hall–Kier alpha value is -3.31. The average molecular weight is 463 g/mol. The van der Waals surface area contributed by atoms with Crippen LogP contribution in [0.2, 0.25) is 0 Å². The van der Waals surface area contributed by atoms with Crippen molar-refractivity contribution in [2.75, 3.05) is 6.61 Å². The first-order valence-corrected chi connectivity index (χ1v) is 9.04. The van der Waals surface area contributed by atoms with Crippen molar-refractivity contribution in [1.29, 1.82) is 0 Å². The van der Waals surface area contributed by atoms with E-state index in [-0.39, 0.29) is 22.5 Å². The zero-order valence-corrected chi connectivity index (χ0v) is 16.6. The minimum absolute atomic E-state index is 0.0168. The molecule has 1 amide bonds. The van der Waals surface area contributed by atoms with Crippen LogP contribution in [0, 0.1) is 5.82 Å². The Bertz CT molecular complexity index is 1150. The summed E-state index contributed by atoms with van der Waals surface area (Å²) in [5, 5.41) is 1.81. The monoisotopic (exact) mass is 463 g/mol. The Morgan fingerprint density at radius 1 is 1.06 bits per heavy atom. The molecule has 3 rings (SSSR count). The number of carbonyl (C=O) groups excluding carboxylic acids is 1. The molecule has 3 aromatic rings. The molecule has 5 nitrogen and oxygen atoms in total. The van der Waals surface area contributed by atoms with Crippen LogP contribution in [0.3, 0.4) is 0 Å². The predicted molar refractivity (Wildman–Crippen MR) is 99.7 cm³/mol. The van der Waals surface area contributed by atoms with Crippen LogP contribution < -0.4 is 10.1 Å². The van der Waals surface area contributed by atoms with E-state index in [1.165, 1.54) is 24.3 Å². The maximum Gasteiger partial charge on any atom is 0.422 e. The van der Waals surface area contributed by atoms with Gasteiger partial charge in [0.1, 0.15) is 28.4 Å². The number of hydrogen-bond acceptors (Lipinski definition) is 3. The van der Waals surface area contributed by atoms with Crippen LogP contribution in [0.25, 0.3) is 16.8 Å². The number of carbonyl (C=O) groups is 1. The number of hydrogen-bond donors (Lipinski definition) is 1. The lowest BCUT2D eigenvalue weighted by Gasteiger charge is -2.28. The van der Waals surface area contributed by atoms with Crippen LogP contribution >= 0.6 is 0 Å². The van der Waals surface area contributed by atoms with Gasteiger partial charge in [-0.1, -0.05) is 18.2 Å². The number of imidazole rings is 1. The molecular weight excluding hydrogens is 447 g/mol. The number of amides is 1. The number of rotatable bonds is 5. The quantitative estimate of drug-likeness (QED) is 0.533. The summed E-state index contributed by atoms with van der Waals surface area (Å²) < 4.78 is 97.0. The molecule has 0 saturated heterocycles. The van der Waals surface area contributed by atoms with Crippen LogP contribution in [0.1, 0.15) is 24.3 Å². The Morgan fingerprint density at radius 2 is 1.72 bits per heavy atom. The Balaban J connectivity index is 2.04. The molecule has 0 aliphatic heterocycles. The van der Waals surface area contributed by atoms with Gasteiger partial charge in [0.25, 0.3) is 5.91 Å². The maximum atomic E-state index is 14.2. The van der Waals surface area contributed by atoms with Gasteiger partial charge in [-0.2, -0.15) is 26.3 Å². The van der Waals surface area contributed by atoms with Gasteiger partial charge >= 0.3 is 12.4 Å². The maximum absolute atomic E-state index is 14.2. The van der Waals surface area contributed by atoms with Crippen molar-refractivity contribution in [1.82, 2.24) is 14.7 Å². The molecule has 0 fully saturated rings. The van der Waals surface area contributed by atoms with Gasteiger partial charge in [0, 0.05) is 23.5 Å². The molecule has 1 N–H and O–H groups in total. The lowest BCUT2D eigenvalue weighted by Crippen LogP contribution is -2.54. The third kappa shape index (κ3) is 4.94. The van der Waals surface area contributed by atoms with Crippen LogP contribution in [0.5, 0.6) is 5.75 Å². The van der Waals surface area contributed by atoms with E-state index < -0.39 is 41.9 Å². The first-order chi connectivity index (χ1) is 14.7. The number of nitrogens with zero attached hydrogens (tertiary/aromatic N) is 2. The van der Waals surface area contributed by atoms with Crippen molar-refractivity contribution < 1.29 is 40.3 Å². The van der Waals surface area contributed by atoms with Gasteiger partial charge in [-0.3, -0.25) is 4.79 Å². The number of fused-ring (bicyclic) bond motifs is 1. The fourth-order valence-electron chi connectivity index (χ4n) is 2.76. The van der Waals surface area contributed by atoms with Crippen molar-refractivity contribution in [3.05, 3.63) is 54.2 Å². The molecule has 2 aromatic heterocycles. The van der Waals surface area contributed by atoms with Gasteiger partial charge in [-0.25, -0.2) is 9.37 Å². The van der Waals surface area contributed by atoms with Crippen molar-refractivity contribution >= 4 is 11.6 Å². The number of nitrogens with one attached hydrogen (secondary N) is 1. The number of ether oxygens (including phenoxy) is 1. The fourth-order valence-corrected chi connectivity index (χ4v) is 2.76. The minimum atomic E-state index is -4.74. The first kappa shape index (κ1) is 23.4. The normalized spacial score (nSPS) is 12.8. The molecule has 0 bridgehead atoms. The second-order valence-electron chi connectivity index (χ2n) is 7.41. The smallest absolute Gasteiger partial charge is 0.422 e. The third-order valence-corrected chi connectivity index (χ3v) is 4.45. The van der Waals surface area contributed by atoms with Gasteiger partial charge in [0.05, 0.1) is 0 Å². The lowest BCUT2D eigenvalue weighted by molar-refractivity contribution is -0.182. The van der Waals surface area contributed by atoms with E-state index in [2.05, 4.69) is 4.98 Å². The van der Waals surface area contributed by atoms with Gasteiger partial charge in [0.2, 0.25) is 0 Å². The number of para-hydroxylation sites is 1. The standard InChI is InChI=1S/C20H16F7N3O2/c1-18(2,20(25,26)27)29-17(31)14-9-30-8-11(21)7-13(16(30)28-14)12-5-3-4-6-15(12)32-10-19(22,23)24/h3-9H,10H2,1-2H3,(H,29,31). The topological polar surface area (TPSA) is 55.6 Å². The number of alkyl halides is 6. The largest absolute Gasteiger partial charge is 0.483 e. The van der Waals surface area contributed by atoms with E-state index in [0.717, 1.165) is 36.7 Å². The lowest BCUT2D eigenvalue weighted by atomic mass is 10.1. The number of pyridine rings is 1. The van der Waals surface area contributed by atoms with Crippen LogP contribution in [0.4, 0.5) is 30.7 Å². The van der Waals surface area contributed by atoms with Crippen molar-refractivity contribution in [3.63, 3.8) is 0 Å². The molecule has 12 heteroatoms. The summed E-state index contributed by atoms with van der Waals surface area (Å²) in [5.41, 5.74) is -3.04. The van der Waals surface area contributed by atoms with Gasteiger partial charge < -0.3 is 14.5 Å². The molecular formula is C20H16F7N3O2. The van der Waals surface area contributed by atoms with E-state index in [1.54, 1.807) is 0 Å². The molecule has 0 aliphatic carbocycles. The predicted octanol–water partition coefficient (Wildman–Crippen LogP) is 5.15. The zero-order valence-electron chi connectivity index (χ0n) is 16.6. The number of halogens is 7. The van der Waals surface area contributed by atoms with Crippen LogP contribution in [0.15, 0.2) is 42.7 Å². The first-order valence-electron chi connectivity index (χ1n) is 9.04. The highest BCUT2D eigenvalue weighted by atomic mass is 19.4. The summed E-state index contributed by atoms with van der Waals surface area (Å²) in [6, 6.07) is 6.46. The Labute approximate surface area is 176 Å². The van der Waals surface area contributed by atoms with E-state index in [4.69, 9.17) is 4.74 Å². The summed E-state index contributed by atoms with van der Waals surface area (Å²) >= 11 is 0. The molecule has 172 valence electrons. The highest BCUT2D eigenvalue weighted by Gasteiger charge is 2.48. The molecule has 2 heterocycles. The number of aromatic nitrogens is 2. The summed E-state index contributed by atoms with van der Waals surface area (Å²) in [5.74, 6) is -2.20. The molecule has 0 spiro atoms. The molecule has 0 unspecified atom stereocenters. The highest BCUT2D eigenvalue weighted by molar-refractivity contribution is 5.94. The molecule has 32 heavy (non-hydrogen) atoms. The zero-order chi connectivity index (χ0) is 23.9. The second-order valence-corrected chi connectivity index (χ2v) is 7.41. The van der Waals surface area contributed by atoms with Crippen molar-refractivity contribution in [3.8, 4) is 16.9 Å². The summed E-state index contributed by atoms with van der Waals surface area (Å²) in [7, 11) is 0. The average Bonchev–Trinajstić information content (AvgIpc) is 3.08. The van der Waals surface area contributed by atoms with E-state index in [1.807, 2.05) is 5.32 Å². The van der Waals surface area contributed by atoms with E-state index >= 15 is 0 Å². The SMILES string of the molecule is CC(C)(NC(=O)c1cn2cc(F)cc(-c3ccccc3OCC(F)(F)F)c2n1)C(F)(F)F. The molecule has 1 aromatic carbocycles. The summed E-state index contributed by atoms with van der Waals surface area (Å²) in [6.07, 6.45) is -7.42. The van der Waals surface area contributed by atoms with Gasteiger partial charge in [-0.15, -0.1) is 0 Å². The van der Waals surface area contributed by atoms with Crippen LogP contribution in [-0.2, 0) is 0 Å². The van der Waals surface area contributed by atoms with Gasteiger partial charge in [-0.05, 0) is 26.0 Å². The summed E-state index contributed by atoms with van der Waals surface area (Å²) in [4.78, 5) is 16.3. The van der Waals surface area contributed by atoms with Crippen LogP contribution in [-0.4, -0.2) is 39.8 Å². The van der Waals surface area contributed by atoms with Crippen molar-refractivity contribution in [2.24, 2.45) is 0 Å². The molecule has 0 radical (unpaired) electrons. The third-order valence-electron chi connectivity index (χ3n) is 4.45. The fraction of sp³-hybridized carbons (Fsp3) is 0.300. The molecule has 0 aliphatic rings. The Kier molecular flexibility index (Phi) is 5.83. The minimum Gasteiger partial charge on any atom is -0.483 e. The summed E-state index contributed by atoms with van der Waals surface area (Å²) in [6.45, 7) is -0.0652. The van der Waals surface area contributed by atoms with E-state index in [0.29, 0.717) is 0 Å². The van der Waals surface area contributed by atoms with E-state index in [9.17, 15) is 35.5 Å². The highest BCUT2D eigenvalue weighted by Crippen LogP contribution is 2.34. The van der Waals surface area contributed by atoms with Gasteiger partial charge in [0.15, 0.2) is 6.61 Å².